The second-order valence-corrected chi connectivity index (χ2v) is 6.39. The lowest BCUT2D eigenvalue weighted by atomic mass is 9.87. The number of ether oxygens (including phenoxy) is 1. The fourth-order valence-corrected chi connectivity index (χ4v) is 3.10. The standard InChI is InChI=1S/C17H20N4O2/c22-9-17(10-23-11-17)8-19-15-12-4-3-6-13(12)20-16(21-15)14-5-1-2-7-18-14/h1-2,5,7,22H,3-4,6,8-11H2,(H,19,20,21). The van der Waals surface area contributed by atoms with Gasteiger partial charge in [0, 0.05) is 24.0 Å². The first-order valence-electron chi connectivity index (χ1n) is 8.03. The summed E-state index contributed by atoms with van der Waals surface area (Å²) in [6.45, 7) is 1.97. The van der Waals surface area contributed by atoms with Gasteiger partial charge in [0.25, 0.3) is 0 Å². The summed E-state index contributed by atoms with van der Waals surface area (Å²) in [5, 5.41) is 13.0. The van der Waals surface area contributed by atoms with E-state index in [4.69, 9.17) is 14.7 Å². The maximum Gasteiger partial charge on any atom is 0.180 e. The van der Waals surface area contributed by atoms with Crippen molar-refractivity contribution in [3.05, 3.63) is 35.7 Å². The van der Waals surface area contributed by atoms with Crippen LogP contribution in [0.1, 0.15) is 17.7 Å². The Morgan fingerprint density at radius 3 is 2.83 bits per heavy atom. The first-order chi connectivity index (χ1) is 11.3. The summed E-state index contributed by atoms with van der Waals surface area (Å²) in [6, 6.07) is 5.76. The molecule has 0 aromatic carbocycles. The van der Waals surface area contributed by atoms with Crippen molar-refractivity contribution in [2.45, 2.75) is 19.3 Å². The molecule has 1 saturated heterocycles. The van der Waals surface area contributed by atoms with E-state index in [2.05, 4.69) is 10.3 Å². The van der Waals surface area contributed by atoms with Crippen molar-refractivity contribution in [3.8, 4) is 11.5 Å². The maximum absolute atomic E-state index is 9.58. The van der Waals surface area contributed by atoms with Crippen molar-refractivity contribution in [2.24, 2.45) is 5.41 Å². The Hall–Kier alpha value is -2.05. The number of nitrogens with one attached hydrogen (secondary N) is 1. The SMILES string of the molecule is OCC1(CNc2nc(-c3ccccn3)nc3c2CCC3)COC1. The number of aromatic nitrogens is 3. The fraction of sp³-hybridized carbons (Fsp3) is 0.471. The molecule has 2 aliphatic rings. The highest BCUT2D eigenvalue weighted by atomic mass is 16.5. The first kappa shape index (κ1) is 14.5. The predicted octanol–water partition coefficient (Wildman–Crippen LogP) is 1.45. The van der Waals surface area contributed by atoms with Crippen LogP contribution in [0, 0.1) is 5.41 Å². The quantitative estimate of drug-likeness (QED) is 0.870. The van der Waals surface area contributed by atoms with Crippen molar-refractivity contribution in [1.82, 2.24) is 15.0 Å². The van der Waals surface area contributed by atoms with Crippen molar-refractivity contribution >= 4 is 5.82 Å². The molecular formula is C17H20N4O2. The minimum Gasteiger partial charge on any atom is -0.396 e. The van der Waals surface area contributed by atoms with Crippen LogP contribution in [0.3, 0.4) is 0 Å². The number of nitrogens with zero attached hydrogens (tertiary/aromatic N) is 3. The summed E-state index contributed by atoms with van der Waals surface area (Å²) in [5.74, 6) is 1.55. The molecule has 0 saturated carbocycles. The Balaban J connectivity index is 1.64. The van der Waals surface area contributed by atoms with Gasteiger partial charge < -0.3 is 15.2 Å². The Bertz CT molecular complexity index is 696. The molecule has 1 aliphatic carbocycles. The summed E-state index contributed by atoms with van der Waals surface area (Å²) < 4.78 is 5.26. The molecule has 2 N–H and O–H groups in total. The van der Waals surface area contributed by atoms with Crippen molar-refractivity contribution in [1.29, 1.82) is 0 Å². The third-order valence-corrected chi connectivity index (χ3v) is 4.61. The maximum atomic E-state index is 9.58. The van der Waals surface area contributed by atoms with Crippen LogP contribution in [0.25, 0.3) is 11.5 Å². The van der Waals surface area contributed by atoms with Crippen LogP contribution in [0.15, 0.2) is 24.4 Å². The molecule has 4 rings (SSSR count). The van der Waals surface area contributed by atoms with Crippen LogP contribution < -0.4 is 5.32 Å². The van der Waals surface area contributed by atoms with Crippen LogP contribution in [0.4, 0.5) is 5.82 Å². The number of aryl methyl sites for hydroxylation is 1. The molecule has 0 amide bonds. The molecule has 1 fully saturated rings. The highest BCUT2D eigenvalue weighted by Crippen LogP contribution is 2.31. The zero-order valence-corrected chi connectivity index (χ0v) is 13.0. The third kappa shape index (κ3) is 2.68. The molecule has 1 aliphatic heterocycles. The second-order valence-electron chi connectivity index (χ2n) is 6.39. The predicted molar refractivity (Wildman–Crippen MR) is 86.1 cm³/mol. The lowest BCUT2D eigenvalue weighted by Crippen LogP contribution is -2.50. The number of hydrogen-bond acceptors (Lipinski definition) is 6. The van der Waals surface area contributed by atoms with E-state index in [0.29, 0.717) is 25.6 Å². The van der Waals surface area contributed by atoms with Gasteiger partial charge in [-0.2, -0.15) is 0 Å². The number of fused-ring (bicyclic) bond motifs is 1. The summed E-state index contributed by atoms with van der Waals surface area (Å²) in [6.07, 6.45) is 4.85. The lowest BCUT2D eigenvalue weighted by molar-refractivity contribution is -0.128. The van der Waals surface area contributed by atoms with Gasteiger partial charge in [-0.05, 0) is 31.4 Å². The Kier molecular flexibility index (Phi) is 3.71. The molecule has 120 valence electrons. The fourth-order valence-electron chi connectivity index (χ4n) is 3.10. The molecule has 23 heavy (non-hydrogen) atoms. The molecule has 0 bridgehead atoms. The van der Waals surface area contributed by atoms with E-state index in [0.717, 1.165) is 36.5 Å². The van der Waals surface area contributed by atoms with Crippen molar-refractivity contribution in [3.63, 3.8) is 0 Å². The van der Waals surface area contributed by atoms with Crippen LogP contribution in [0.2, 0.25) is 0 Å². The van der Waals surface area contributed by atoms with Crippen LogP contribution in [0.5, 0.6) is 0 Å². The number of hydrogen-bond donors (Lipinski definition) is 2. The van der Waals surface area contributed by atoms with E-state index in [9.17, 15) is 5.11 Å². The summed E-state index contributed by atoms with van der Waals surface area (Å²) >= 11 is 0. The van der Waals surface area contributed by atoms with Crippen LogP contribution in [-0.4, -0.2) is 46.4 Å². The molecule has 0 unspecified atom stereocenters. The zero-order chi connectivity index (χ0) is 15.7. The molecule has 0 radical (unpaired) electrons. The van der Waals surface area contributed by atoms with Gasteiger partial charge in [0.2, 0.25) is 0 Å². The minimum atomic E-state index is -0.179. The first-order valence-corrected chi connectivity index (χ1v) is 8.03. The summed E-state index contributed by atoms with van der Waals surface area (Å²) in [5.41, 5.74) is 2.93. The average molecular weight is 312 g/mol. The van der Waals surface area contributed by atoms with Crippen LogP contribution in [-0.2, 0) is 17.6 Å². The molecule has 2 aromatic rings. The molecule has 3 heterocycles. The second kappa shape index (κ2) is 5.86. The highest BCUT2D eigenvalue weighted by Gasteiger charge is 2.38. The summed E-state index contributed by atoms with van der Waals surface area (Å²) in [7, 11) is 0. The number of rotatable bonds is 5. The minimum absolute atomic E-state index is 0.125. The molecule has 0 spiro atoms. The Morgan fingerprint density at radius 2 is 2.13 bits per heavy atom. The molecule has 0 atom stereocenters. The van der Waals surface area contributed by atoms with Gasteiger partial charge in [-0.3, -0.25) is 4.98 Å². The third-order valence-electron chi connectivity index (χ3n) is 4.61. The average Bonchev–Trinajstić information content (AvgIpc) is 3.03. The Labute approximate surface area is 135 Å². The zero-order valence-electron chi connectivity index (χ0n) is 13.0. The molecule has 6 nitrogen and oxygen atoms in total. The van der Waals surface area contributed by atoms with E-state index in [1.807, 2.05) is 18.2 Å². The summed E-state index contributed by atoms with van der Waals surface area (Å²) in [4.78, 5) is 13.8. The van der Waals surface area contributed by atoms with Crippen molar-refractivity contribution < 1.29 is 9.84 Å². The van der Waals surface area contributed by atoms with E-state index >= 15 is 0 Å². The normalized spacial score (nSPS) is 18.3. The van der Waals surface area contributed by atoms with Gasteiger partial charge in [-0.25, -0.2) is 9.97 Å². The highest BCUT2D eigenvalue weighted by molar-refractivity contribution is 5.57. The number of aliphatic hydroxyl groups is 1. The molecule has 6 heteroatoms. The number of anilines is 1. The Morgan fingerprint density at radius 1 is 1.22 bits per heavy atom. The van der Waals surface area contributed by atoms with Gasteiger partial charge in [0.05, 0.1) is 25.2 Å². The monoisotopic (exact) mass is 312 g/mol. The lowest BCUT2D eigenvalue weighted by Gasteiger charge is -2.40. The van der Waals surface area contributed by atoms with E-state index in [-0.39, 0.29) is 12.0 Å². The smallest absolute Gasteiger partial charge is 0.180 e. The van der Waals surface area contributed by atoms with Gasteiger partial charge in [0.15, 0.2) is 5.82 Å². The van der Waals surface area contributed by atoms with E-state index in [1.54, 1.807) is 6.20 Å². The number of aliphatic hydroxyl groups excluding tert-OH is 1. The van der Waals surface area contributed by atoms with Crippen molar-refractivity contribution in [2.75, 3.05) is 31.7 Å². The molecule has 2 aromatic heterocycles. The topological polar surface area (TPSA) is 80.2 Å². The molecular weight excluding hydrogens is 292 g/mol. The number of pyridine rings is 1. The van der Waals surface area contributed by atoms with E-state index < -0.39 is 0 Å². The van der Waals surface area contributed by atoms with E-state index in [1.165, 1.54) is 5.56 Å². The van der Waals surface area contributed by atoms with Gasteiger partial charge >= 0.3 is 0 Å². The van der Waals surface area contributed by atoms with Gasteiger partial charge in [-0.15, -0.1) is 0 Å². The largest absolute Gasteiger partial charge is 0.396 e. The van der Waals surface area contributed by atoms with Gasteiger partial charge in [-0.1, -0.05) is 6.07 Å². The van der Waals surface area contributed by atoms with Crippen LogP contribution >= 0.6 is 0 Å². The van der Waals surface area contributed by atoms with Gasteiger partial charge in [0.1, 0.15) is 11.5 Å².